The van der Waals surface area contributed by atoms with Crippen LogP contribution < -0.4 is 19.5 Å². The lowest BCUT2D eigenvalue weighted by Crippen LogP contribution is -2.31. The molecule has 1 aromatic carbocycles. The summed E-state index contributed by atoms with van der Waals surface area (Å²) in [5.74, 6) is 1.56. The molecule has 0 atom stereocenters. The minimum absolute atomic E-state index is 0.0747. The van der Waals surface area contributed by atoms with Gasteiger partial charge < -0.3 is 24.4 Å². The molecule has 0 saturated heterocycles. The van der Waals surface area contributed by atoms with E-state index in [2.05, 4.69) is 10.3 Å². The van der Waals surface area contributed by atoms with Crippen LogP contribution in [0.4, 0.5) is 11.4 Å². The van der Waals surface area contributed by atoms with Crippen LogP contribution in [-0.2, 0) is 0 Å². The summed E-state index contributed by atoms with van der Waals surface area (Å²) in [5, 5.41) is 3.23. The number of rotatable bonds is 8. The number of hydrogen-bond donors (Lipinski definition) is 1. The third-order valence-electron chi connectivity index (χ3n) is 3.99. The third-order valence-corrected chi connectivity index (χ3v) is 3.99. The van der Waals surface area contributed by atoms with Gasteiger partial charge >= 0.3 is 0 Å². The van der Waals surface area contributed by atoms with Crippen LogP contribution in [0.15, 0.2) is 30.5 Å². The number of benzene rings is 1. The summed E-state index contributed by atoms with van der Waals surface area (Å²) in [5.41, 5.74) is 1.92. The number of nitrogens with zero attached hydrogens (tertiary/aromatic N) is 2. The van der Waals surface area contributed by atoms with E-state index in [1.807, 2.05) is 19.9 Å². The Morgan fingerprint density at radius 2 is 1.62 bits per heavy atom. The smallest absolute Gasteiger partial charge is 0.272 e. The molecule has 0 saturated carbocycles. The molecule has 1 aromatic heterocycles. The van der Waals surface area contributed by atoms with Crippen molar-refractivity contribution in [1.29, 1.82) is 0 Å². The Bertz CT molecular complexity index is 718. The molecule has 7 nitrogen and oxygen atoms in total. The van der Waals surface area contributed by atoms with Crippen LogP contribution in [0.1, 0.15) is 24.3 Å². The van der Waals surface area contributed by atoms with Crippen molar-refractivity contribution in [2.75, 3.05) is 39.7 Å². The highest BCUT2D eigenvalue weighted by Crippen LogP contribution is 2.40. The molecule has 2 rings (SSSR count). The first-order valence-corrected chi connectivity index (χ1v) is 8.40. The zero-order valence-corrected chi connectivity index (χ0v) is 15.8. The van der Waals surface area contributed by atoms with Crippen LogP contribution in [-0.4, -0.2) is 50.2 Å². The summed E-state index contributed by atoms with van der Waals surface area (Å²) in [7, 11) is 4.69. The van der Waals surface area contributed by atoms with E-state index in [-0.39, 0.29) is 5.91 Å². The number of anilines is 2. The van der Waals surface area contributed by atoms with Gasteiger partial charge in [0.15, 0.2) is 11.5 Å². The number of hydrogen-bond acceptors (Lipinski definition) is 6. The highest BCUT2D eigenvalue weighted by molar-refractivity contribution is 5.92. The van der Waals surface area contributed by atoms with Crippen molar-refractivity contribution in [2.45, 2.75) is 13.8 Å². The summed E-state index contributed by atoms with van der Waals surface area (Å²) in [6.45, 7) is 5.20. The fourth-order valence-corrected chi connectivity index (χ4v) is 2.59. The molecule has 0 bridgehead atoms. The van der Waals surface area contributed by atoms with Crippen molar-refractivity contribution < 1.29 is 19.0 Å². The van der Waals surface area contributed by atoms with Crippen LogP contribution in [0.2, 0.25) is 0 Å². The minimum atomic E-state index is -0.0747. The van der Waals surface area contributed by atoms with Gasteiger partial charge in [0.25, 0.3) is 5.91 Å². The lowest BCUT2D eigenvalue weighted by molar-refractivity contribution is 0.0767. The summed E-state index contributed by atoms with van der Waals surface area (Å²) in [6, 6.07) is 7.13. The topological polar surface area (TPSA) is 72.9 Å². The molecule has 7 heteroatoms. The molecule has 0 unspecified atom stereocenters. The Morgan fingerprint density at radius 3 is 2.04 bits per heavy atom. The number of nitrogens with one attached hydrogen (secondary N) is 1. The average Bonchev–Trinajstić information content (AvgIpc) is 2.68. The predicted octanol–water partition coefficient (Wildman–Crippen LogP) is 3.33. The summed E-state index contributed by atoms with van der Waals surface area (Å²) in [4.78, 5) is 18.3. The number of carbonyl (C=O) groups excluding carboxylic acids is 1. The second-order valence-corrected chi connectivity index (χ2v) is 5.45. The van der Waals surface area contributed by atoms with Gasteiger partial charge in [-0.25, -0.2) is 4.98 Å². The number of amides is 1. The fourth-order valence-electron chi connectivity index (χ4n) is 2.59. The molecular formula is C19H25N3O4. The number of pyridine rings is 1. The van der Waals surface area contributed by atoms with Crippen molar-refractivity contribution in [1.82, 2.24) is 9.88 Å². The molecule has 0 spiro atoms. The van der Waals surface area contributed by atoms with Gasteiger partial charge in [-0.1, -0.05) is 0 Å². The van der Waals surface area contributed by atoms with Crippen molar-refractivity contribution >= 4 is 17.3 Å². The molecule has 0 fully saturated rings. The Hall–Kier alpha value is -2.96. The second kappa shape index (κ2) is 8.94. The monoisotopic (exact) mass is 359 g/mol. The highest BCUT2D eigenvalue weighted by Gasteiger charge is 2.15. The Labute approximate surface area is 153 Å². The molecule has 1 N–H and O–H groups in total. The van der Waals surface area contributed by atoms with Crippen LogP contribution >= 0.6 is 0 Å². The van der Waals surface area contributed by atoms with Crippen LogP contribution in [0, 0.1) is 0 Å². The van der Waals surface area contributed by atoms with Crippen LogP contribution in [0.5, 0.6) is 17.2 Å². The molecule has 0 aliphatic carbocycles. The van der Waals surface area contributed by atoms with Gasteiger partial charge in [0.2, 0.25) is 5.75 Å². The number of aromatic nitrogens is 1. The molecular weight excluding hydrogens is 334 g/mol. The first-order chi connectivity index (χ1) is 12.6. The van der Waals surface area contributed by atoms with Crippen molar-refractivity contribution in [3.8, 4) is 17.2 Å². The van der Waals surface area contributed by atoms with Gasteiger partial charge in [-0.15, -0.1) is 0 Å². The van der Waals surface area contributed by atoms with E-state index < -0.39 is 0 Å². The molecule has 0 aliphatic heterocycles. The van der Waals surface area contributed by atoms with Gasteiger partial charge in [0.05, 0.1) is 33.2 Å². The maximum absolute atomic E-state index is 12.3. The van der Waals surface area contributed by atoms with Gasteiger partial charge in [-0.2, -0.15) is 0 Å². The normalized spacial score (nSPS) is 10.2. The summed E-state index contributed by atoms with van der Waals surface area (Å²) in [6.07, 6.45) is 1.62. The zero-order valence-electron chi connectivity index (χ0n) is 15.8. The highest BCUT2D eigenvalue weighted by atomic mass is 16.5. The maximum Gasteiger partial charge on any atom is 0.272 e. The SMILES string of the molecule is CCN(CC)C(=O)c1ccc(Nc2cc(OC)c(OC)c(OC)c2)cn1. The number of ether oxygens (including phenoxy) is 3. The van der Waals surface area contributed by atoms with E-state index in [4.69, 9.17) is 14.2 Å². The lowest BCUT2D eigenvalue weighted by atomic mass is 10.2. The zero-order chi connectivity index (χ0) is 19.1. The molecule has 1 amide bonds. The van der Waals surface area contributed by atoms with Gasteiger partial charge in [0.1, 0.15) is 5.69 Å². The molecule has 2 aromatic rings. The van der Waals surface area contributed by atoms with E-state index in [0.29, 0.717) is 36.0 Å². The fraction of sp³-hybridized carbons (Fsp3) is 0.368. The molecule has 26 heavy (non-hydrogen) atoms. The van der Waals surface area contributed by atoms with Gasteiger partial charge in [-0.05, 0) is 26.0 Å². The Morgan fingerprint density at radius 1 is 1.00 bits per heavy atom. The maximum atomic E-state index is 12.3. The number of methoxy groups -OCH3 is 3. The summed E-state index contributed by atoms with van der Waals surface area (Å²) < 4.78 is 16.0. The van der Waals surface area contributed by atoms with E-state index in [1.165, 1.54) is 0 Å². The predicted molar refractivity (Wildman–Crippen MR) is 101 cm³/mol. The quantitative estimate of drug-likeness (QED) is 0.779. The second-order valence-electron chi connectivity index (χ2n) is 5.45. The minimum Gasteiger partial charge on any atom is -0.493 e. The van der Waals surface area contributed by atoms with Crippen molar-refractivity contribution in [3.05, 3.63) is 36.2 Å². The third kappa shape index (κ3) is 4.17. The Kier molecular flexibility index (Phi) is 6.66. The van der Waals surface area contributed by atoms with Crippen molar-refractivity contribution in [3.63, 3.8) is 0 Å². The lowest BCUT2D eigenvalue weighted by Gasteiger charge is -2.18. The number of carbonyl (C=O) groups is 1. The molecule has 0 radical (unpaired) electrons. The van der Waals surface area contributed by atoms with E-state index in [9.17, 15) is 4.79 Å². The molecule has 1 heterocycles. The van der Waals surface area contributed by atoms with E-state index >= 15 is 0 Å². The average molecular weight is 359 g/mol. The first kappa shape index (κ1) is 19.4. The molecule has 140 valence electrons. The van der Waals surface area contributed by atoms with E-state index in [1.54, 1.807) is 50.6 Å². The van der Waals surface area contributed by atoms with Crippen LogP contribution in [0.3, 0.4) is 0 Å². The van der Waals surface area contributed by atoms with Crippen LogP contribution in [0.25, 0.3) is 0 Å². The first-order valence-electron chi connectivity index (χ1n) is 8.40. The van der Waals surface area contributed by atoms with Gasteiger partial charge in [0, 0.05) is 30.9 Å². The molecule has 0 aliphatic rings. The Balaban J connectivity index is 2.22. The largest absolute Gasteiger partial charge is 0.493 e. The standard InChI is InChI=1S/C19H25N3O4/c1-6-22(7-2)19(23)15-9-8-13(12-20-15)21-14-10-16(24-3)18(26-5)17(11-14)25-4/h8-12,21H,6-7H2,1-5H3. The summed E-state index contributed by atoms with van der Waals surface area (Å²) >= 11 is 0. The van der Waals surface area contributed by atoms with Crippen molar-refractivity contribution in [2.24, 2.45) is 0 Å². The van der Waals surface area contributed by atoms with Gasteiger partial charge in [-0.3, -0.25) is 4.79 Å². The van der Waals surface area contributed by atoms with E-state index in [0.717, 1.165) is 11.4 Å².